The molecule has 7 nitrogen and oxygen atoms in total. The lowest BCUT2D eigenvalue weighted by Crippen LogP contribution is -2.12. The highest BCUT2D eigenvalue weighted by Crippen LogP contribution is 2.29. The Balaban J connectivity index is 1.74. The maximum atomic E-state index is 12.0. The van der Waals surface area contributed by atoms with Crippen LogP contribution in [0, 0.1) is 10.1 Å². The third kappa shape index (κ3) is 2.42. The normalized spacial score (nSPS) is 13.8. The summed E-state index contributed by atoms with van der Waals surface area (Å²) in [6.45, 7) is 0. The van der Waals surface area contributed by atoms with Crippen molar-refractivity contribution in [2.45, 2.75) is 25.7 Å². The Bertz CT molecular complexity index is 653. The molecule has 0 unspecified atom stereocenters. The molecule has 104 valence electrons. The summed E-state index contributed by atoms with van der Waals surface area (Å²) in [5.41, 5.74) is 1.09. The first-order chi connectivity index (χ1) is 9.63. The number of hydrogen-bond acceptors (Lipinski definition) is 5. The van der Waals surface area contributed by atoms with Crippen LogP contribution >= 0.6 is 11.3 Å². The molecule has 0 aliphatic heterocycles. The number of aromatic nitrogens is 2. The Morgan fingerprint density at radius 1 is 1.45 bits per heavy atom. The van der Waals surface area contributed by atoms with E-state index in [-0.39, 0.29) is 11.4 Å². The summed E-state index contributed by atoms with van der Waals surface area (Å²) in [4.78, 5) is 30.2. The molecule has 2 aromatic rings. The van der Waals surface area contributed by atoms with Crippen LogP contribution in [0.5, 0.6) is 0 Å². The molecule has 1 aliphatic carbocycles. The van der Waals surface area contributed by atoms with Crippen molar-refractivity contribution in [2.24, 2.45) is 0 Å². The second-order valence-corrected chi connectivity index (χ2v) is 5.66. The summed E-state index contributed by atoms with van der Waals surface area (Å²) >= 11 is 1.48. The number of carbonyl (C=O) groups excluding carboxylic acids is 1. The number of thiazole rings is 1. The van der Waals surface area contributed by atoms with Crippen molar-refractivity contribution < 1.29 is 9.72 Å². The van der Waals surface area contributed by atoms with E-state index in [1.54, 1.807) is 0 Å². The first kappa shape index (κ1) is 12.8. The van der Waals surface area contributed by atoms with Gasteiger partial charge in [-0.15, -0.1) is 11.3 Å². The Morgan fingerprint density at radius 3 is 2.95 bits per heavy atom. The van der Waals surface area contributed by atoms with E-state index in [2.05, 4.69) is 15.3 Å². The van der Waals surface area contributed by atoms with Crippen LogP contribution in [0.2, 0.25) is 0 Å². The van der Waals surface area contributed by atoms with Crippen molar-refractivity contribution in [1.29, 1.82) is 0 Å². The monoisotopic (exact) mass is 292 g/mol. The van der Waals surface area contributed by atoms with Crippen LogP contribution in [-0.2, 0) is 12.8 Å². The fraction of sp³-hybridized carbons (Fsp3) is 0.333. The first-order valence-corrected chi connectivity index (χ1v) is 7.08. The average molecular weight is 292 g/mol. The van der Waals surface area contributed by atoms with E-state index in [9.17, 15) is 14.9 Å². The Morgan fingerprint density at radius 2 is 2.25 bits per heavy atom. The van der Waals surface area contributed by atoms with Gasteiger partial charge in [-0.2, -0.15) is 0 Å². The fourth-order valence-corrected chi connectivity index (χ4v) is 3.23. The van der Waals surface area contributed by atoms with Crippen molar-refractivity contribution in [3.63, 3.8) is 0 Å². The number of nitrogens with one attached hydrogen (secondary N) is 2. The van der Waals surface area contributed by atoms with Gasteiger partial charge in [-0.1, -0.05) is 0 Å². The van der Waals surface area contributed by atoms with Crippen LogP contribution in [0.4, 0.5) is 10.8 Å². The van der Waals surface area contributed by atoms with E-state index in [4.69, 9.17) is 0 Å². The average Bonchev–Trinajstić information content (AvgIpc) is 3.04. The number of anilines is 1. The van der Waals surface area contributed by atoms with Gasteiger partial charge in [0.1, 0.15) is 5.69 Å². The second kappa shape index (κ2) is 5.04. The number of nitro groups is 1. The topological polar surface area (TPSA) is 101 Å². The largest absolute Gasteiger partial charge is 0.351 e. The molecule has 0 radical (unpaired) electrons. The summed E-state index contributed by atoms with van der Waals surface area (Å²) < 4.78 is 0. The minimum atomic E-state index is -0.546. The fourth-order valence-electron chi connectivity index (χ4n) is 2.19. The van der Waals surface area contributed by atoms with Gasteiger partial charge in [0.25, 0.3) is 11.6 Å². The lowest BCUT2D eigenvalue weighted by atomic mass is 10.0. The van der Waals surface area contributed by atoms with E-state index < -0.39 is 10.8 Å². The van der Waals surface area contributed by atoms with Crippen molar-refractivity contribution in [2.75, 3.05) is 5.32 Å². The van der Waals surface area contributed by atoms with Gasteiger partial charge < -0.3 is 4.98 Å². The highest BCUT2D eigenvalue weighted by Gasteiger charge is 2.18. The molecule has 0 bridgehead atoms. The van der Waals surface area contributed by atoms with E-state index in [0.717, 1.165) is 31.4 Å². The number of fused-ring (bicyclic) bond motifs is 1. The van der Waals surface area contributed by atoms with Gasteiger partial charge in [0.05, 0.1) is 16.8 Å². The number of aryl methyl sites for hydroxylation is 2. The molecule has 0 spiro atoms. The minimum Gasteiger partial charge on any atom is -0.351 e. The molecule has 3 rings (SSSR count). The van der Waals surface area contributed by atoms with E-state index >= 15 is 0 Å². The van der Waals surface area contributed by atoms with Crippen molar-refractivity contribution in [3.05, 3.63) is 38.6 Å². The smallest absolute Gasteiger partial charge is 0.287 e. The Hall–Kier alpha value is -2.22. The zero-order valence-electron chi connectivity index (χ0n) is 10.5. The number of hydrogen-bond donors (Lipinski definition) is 2. The molecule has 8 heteroatoms. The molecule has 2 heterocycles. The number of carbonyl (C=O) groups is 1. The van der Waals surface area contributed by atoms with Crippen LogP contribution in [0.15, 0.2) is 12.3 Å². The number of aromatic amines is 1. The van der Waals surface area contributed by atoms with Crippen LogP contribution < -0.4 is 5.32 Å². The van der Waals surface area contributed by atoms with Crippen LogP contribution in [0.3, 0.4) is 0 Å². The minimum absolute atomic E-state index is 0.131. The summed E-state index contributed by atoms with van der Waals surface area (Å²) in [6, 6.07) is 1.21. The second-order valence-electron chi connectivity index (χ2n) is 4.58. The van der Waals surface area contributed by atoms with Gasteiger partial charge in [-0.05, 0) is 25.7 Å². The molecule has 0 saturated heterocycles. The maximum Gasteiger partial charge on any atom is 0.287 e. The molecule has 20 heavy (non-hydrogen) atoms. The predicted molar refractivity (Wildman–Crippen MR) is 74.2 cm³/mol. The number of nitrogens with zero attached hydrogens (tertiary/aromatic N) is 2. The van der Waals surface area contributed by atoms with E-state index in [1.807, 2.05) is 0 Å². The molecule has 1 amide bonds. The van der Waals surface area contributed by atoms with Crippen molar-refractivity contribution >= 4 is 28.1 Å². The number of H-pyrrole nitrogens is 1. The van der Waals surface area contributed by atoms with Crippen LogP contribution in [0.1, 0.15) is 33.9 Å². The standard InChI is InChI=1S/C12H12N4O3S/c17-11(9-5-7(6-13-9)16(18)19)15-12-14-8-3-1-2-4-10(8)20-12/h5-6,13H,1-4H2,(H,14,15,17). The van der Waals surface area contributed by atoms with E-state index in [0.29, 0.717) is 5.13 Å². The van der Waals surface area contributed by atoms with Crippen LogP contribution in [0.25, 0.3) is 0 Å². The summed E-state index contributed by atoms with van der Waals surface area (Å²) in [6.07, 6.45) is 5.45. The molecule has 0 fully saturated rings. The lowest BCUT2D eigenvalue weighted by Gasteiger charge is -2.06. The zero-order valence-corrected chi connectivity index (χ0v) is 11.3. The highest BCUT2D eigenvalue weighted by atomic mass is 32.1. The molecule has 0 atom stereocenters. The van der Waals surface area contributed by atoms with Gasteiger partial charge in [0.2, 0.25) is 0 Å². The van der Waals surface area contributed by atoms with Gasteiger partial charge in [0.15, 0.2) is 5.13 Å². The van der Waals surface area contributed by atoms with Crippen molar-refractivity contribution in [1.82, 2.24) is 9.97 Å². The SMILES string of the molecule is O=C(Nc1nc2c(s1)CCCC2)c1cc([N+](=O)[O-])c[nH]1. The predicted octanol–water partition coefficient (Wildman–Crippen LogP) is 2.51. The van der Waals surface area contributed by atoms with Gasteiger partial charge in [0, 0.05) is 10.9 Å². The molecular formula is C12H12N4O3S. The van der Waals surface area contributed by atoms with Crippen molar-refractivity contribution in [3.8, 4) is 0 Å². The maximum absolute atomic E-state index is 12.0. The molecule has 1 aliphatic rings. The Kier molecular flexibility index (Phi) is 3.23. The molecule has 2 N–H and O–H groups in total. The third-order valence-corrected chi connectivity index (χ3v) is 4.26. The van der Waals surface area contributed by atoms with Gasteiger partial charge in [-0.3, -0.25) is 20.2 Å². The highest BCUT2D eigenvalue weighted by molar-refractivity contribution is 7.15. The zero-order chi connectivity index (χ0) is 14.1. The Labute approximate surface area is 118 Å². The first-order valence-electron chi connectivity index (χ1n) is 6.26. The lowest BCUT2D eigenvalue weighted by molar-refractivity contribution is -0.384. The summed E-state index contributed by atoms with van der Waals surface area (Å²) in [5.74, 6) is -0.413. The van der Waals surface area contributed by atoms with Gasteiger partial charge >= 0.3 is 0 Å². The van der Waals surface area contributed by atoms with Gasteiger partial charge in [-0.25, -0.2) is 4.98 Å². The van der Waals surface area contributed by atoms with Crippen LogP contribution in [-0.4, -0.2) is 20.8 Å². The summed E-state index contributed by atoms with van der Waals surface area (Å²) in [5, 5.41) is 13.8. The third-order valence-electron chi connectivity index (χ3n) is 3.19. The number of amides is 1. The molecule has 0 aromatic carbocycles. The molecule has 2 aromatic heterocycles. The molecular weight excluding hydrogens is 280 g/mol. The number of rotatable bonds is 3. The molecule has 0 saturated carbocycles. The summed E-state index contributed by atoms with van der Waals surface area (Å²) in [7, 11) is 0. The quantitative estimate of drug-likeness (QED) is 0.670. The van der Waals surface area contributed by atoms with E-state index in [1.165, 1.54) is 28.5 Å².